The maximum atomic E-state index is 13.0. The molecule has 0 saturated carbocycles. The number of nitrogens with zero attached hydrogens (tertiary/aromatic N) is 1. The summed E-state index contributed by atoms with van der Waals surface area (Å²) in [5.74, 6) is -0.280. The highest BCUT2D eigenvalue weighted by molar-refractivity contribution is 5.28. The molecule has 3 aromatic rings. The van der Waals surface area contributed by atoms with Crippen molar-refractivity contribution in [2.75, 3.05) is 6.61 Å². The average molecular weight is 410 g/mol. The third-order valence-corrected chi connectivity index (χ3v) is 5.03. The molecular weight excluding hydrogens is 383 g/mol. The van der Waals surface area contributed by atoms with Crippen LogP contribution in [0.4, 0.5) is 4.39 Å². The Balaban J connectivity index is 1.74. The molecule has 30 heavy (non-hydrogen) atoms. The quantitative estimate of drug-likeness (QED) is 0.543. The lowest BCUT2D eigenvalue weighted by Gasteiger charge is -2.18. The number of nitrogens with one attached hydrogen (secondary N) is 1. The van der Waals surface area contributed by atoms with Gasteiger partial charge in [-0.05, 0) is 42.0 Å². The summed E-state index contributed by atoms with van der Waals surface area (Å²) in [6, 6.07) is 16.2. The number of aryl methyl sites for hydroxylation is 1. The maximum Gasteiger partial charge on any atom is 0.330 e. The standard InChI is InChI=1S/C24H27FN2O3/c1-17(2)22-21(15-19-7-4-3-5-8-19)27(24(29)26-23(22)28)16-30-14-6-9-18-10-12-20(25)13-11-18/h3-5,7-8,10-13,17H,6,9,14-16H2,1-2H3,(H,26,28,29). The first-order valence-corrected chi connectivity index (χ1v) is 10.2. The van der Waals surface area contributed by atoms with Crippen molar-refractivity contribution in [1.29, 1.82) is 0 Å². The van der Waals surface area contributed by atoms with Crippen LogP contribution in [0.25, 0.3) is 0 Å². The molecule has 0 bridgehead atoms. The number of aromatic amines is 1. The van der Waals surface area contributed by atoms with Gasteiger partial charge in [-0.15, -0.1) is 0 Å². The molecule has 2 aromatic carbocycles. The summed E-state index contributed by atoms with van der Waals surface area (Å²) in [5.41, 5.74) is 2.54. The first kappa shape index (κ1) is 21.7. The van der Waals surface area contributed by atoms with Gasteiger partial charge in [0, 0.05) is 24.3 Å². The van der Waals surface area contributed by atoms with Crippen LogP contribution in [-0.2, 0) is 24.3 Å². The minimum atomic E-state index is -0.464. The summed E-state index contributed by atoms with van der Waals surface area (Å²) >= 11 is 0. The average Bonchev–Trinajstić information content (AvgIpc) is 2.71. The number of ether oxygens (including phenoxy) is 1. The third-order valence-electron chi connectivity index (χ3n) is 5.03. The second kappa shape index (κ2) is 10.2. The summed E-state index contributed by atoms with van der Waals surface area (Å²) in [7, 11) is 0. The molecule has 1 N–H and O–H groups in total. The van der Waals surface area contributed by atoms with Crippen LogP contribution >= 0.6 is 0 Å². The van der Waals surface area contributed by atoms with Crippen LogP contribution in [0.15, 0.2) is 64.2 Å². The number of benzene rings is 2. The van der Waals surface area contributed by atoms with Gasteiger partial charge in [0.2, 0.25) is 0 Å². The smallest absolute Gasteiger partial charge is 0.330 e. The molecule has 0 aliphatic rings. The Morgan fingerprint density at radius 3 is 2.37 bits per heavy atom. The van der Waals surface area contributed by atoms with Gasteiger partial charge in [-0.3, -0.25) is 14.3 Å². The summed E-state index contributed by atoms with van der Waals surface area (Å²) < 4.78 is 20.3. The lowest BCUT2D eigenvalue weighted by Crippen LogP contribution is -2.36. The minimum Gasteiger partial charge on any atom is -0.361 e. The molecule has 0 spiro atoms. The fraction of sp³-hybridized carbons (Fsp3) is 0.333. The van der Waals surface area contributed by atoms with E-state index in [2.05, 4.69) is 4.98 Å². The topological polar surface area (TPSA) is 64.1 Å². The molecule has 158 valence electrons. The van der Waals surface area contributed by atoms with Crippen molar-refractivity contribution in [3.63, 3.8) is 0 Å². The summed E-state index contributed by atoms with van der Waals surface area (Å²) in [5, 5.41) is 0. The molecule has 0 unspecified atom stereocenters. The molecule has 0 atom stereocenters. The van der Waals surface area contributed by atoms with Crippen LogP contribution in [0.2, 0.25) is 0 Å². The second-order valence-electron chi connectivity index (χ2n) is 7.63. The maximum absolute atomic E-state index is 13.0. The number of H-pyrrole nitrogens is 1. The van der Waals surface area contributed by atoms with Crippen molar-refractivity contribution in [3.05, 3.63) is 104 Å². The number of halogens is 1. The highest BCUT2D eigenvalue weighted by atomic mass is 19.1. The zero-order chi connectivity index (χ0) is 21.5. The Hall–Kier alpha value is -2.99. The fourth-order valence-electron chi connectivity index (χ4n) is 3.53. The molecule has 5 nitrogen and oxygen atoms in total. The van der Waals surface area contributed by atoms with E-state index in [0.717, 1.165) is 24.0 Å². The molecule has 6 heteroatoms. The minimum absolute atomic E-state index is 0.0298. The van der Waals surface area contributed by atoms with Gasteiger partial charge < -0.3 is 4.74 Å². The van der Waals surface area contributed by atoms with Crippen molar-refractivity contribution in [2.24, 2.45) is 0 Å². The van der Waals surface area contributed by atoms with Gasteiger partial charge in [-0.2, -0.15) is 0 Å². The van der Waals surface area contributed by atoms with Crippen molar-refractivity contribution in [2.45, 2.75) is 45.8 Å². The number of aromatic nitrogens is 2. The van der Waals surface area contributed by atoms with Gasteiger partial charge in [0.25, 0.3) is 5.56 Å². The lowest BCUT2D eigenvalue weighted by molar-refractivity contribution is 0.0700. The van der Waals surface area contributed by atoms with E-state index in [0.29, 0.717) is 24.3 Å². The lowest BCUT2D eigenvalue weighted by atomic mass is 9.98. The first-order chi connectivity index (χ1) is 14.5. The largest absolute Gasteiger partial charge is 0.361 e. The summed E-state index contributed by atoms with van der Waals surface area (Å²) in [6.07, 6.45) is 1.98. The molecule has 0 aliphatic carbocycles. The molecule has 1 heterocycles. The van der Waals surface area contributed by atoms with E-state index in [1.54, 1.807) is 12.1 Å². The summed E-state index contributed by atoms with van der Waals surface area (Å²) in [6.45, 7) is 4.40. The molecule has 1 aromatic heterocycles. The molecular formula is C24H27FN2O3. The number of hydrogen-bond acceptors (Lipinski definition) is 3. The Bertz CT molecular complexity index is 1070. The Labute approximate surface area is 175 Å². The van der Waals surface area contributed by atoms with Crippen LogP contribution in [-0.4, -0.2) is 16.2 Å². The van der Waals surface area contributed by atoms with Gasteiger partial charge >= 0.3 is 5.69 Å². The first-order valence-electron chi connectivity index (χ1n) is 10.2. The fourth-order valence-corrected chi connectivity index (χ4v) is 3.53. The van der Waals surface area contributed by atoms with Gasteiger partial charge in [0.05, 0.1) is 0 Å². The van der Waals surface area contributed by atoms with Crippen LogP contribution in [0, 0.1) is 5.82 Å². The van der Waals surface area contributed by atoms with E-state index < -0.39 is 5.69 Å². The predicted molar refractivity (Wildman–Crippen MR) is 115 cm³/mol. The van der Waals surface area contributed by atoms with Crippen LogP contribution in [0.1, 0.15) is 48.6 Å². The molecule has 0 radical (unpaired) electrons. The zero-order valence-corrected chi connectivity index (χ0v) is 17.4. The molecule has 3 rings (SSSR count). The van der Waals surface area contributed by atoms with Gasteiger partial charge in [-0.1, -0.05) is 56.3 Å². The monoisotopic (exact) mass is 410 g/mol. The number of hydrogen-bond donors (Lipinski definition) is 1. The Morgan fingerprint density at radius 2 is 1.70 bits per heavy atom. The predicted octanol–water partition coefficient (Wildman–Crippen LogP) is 4.00. The Morgan fingerprint density at radius 1 is 1.00 bits per heavy atom. The van der Waals surface area contributed by atoms with Gasteiger partial charge in [-0.25, -0.2) is 9.18 Å². The molecule has 0 saturated heterocycles. The second-order valence-corrected chi connectivity index (χ2v) is 7.63. The van der Waals surface area contributed by atoms with E-state index in [1.807, 2.05) is 44.2 Å². The van der Waals surface area contributed by atoms with Crippen molar-refractivity contribution in [1.82, 2.24) is 9.55 Å². The van der Waals surface area contributed by atoms with Crippen LogP contribution in [0.3, 0.4) is 0 Å². The Kier molecular flexibility index (Phi) is 7.36. The highest BCUT2D eigenvalue weighted by Crippen LogP contribution is 2.18. The van der Waals surface area contributed by atoms with Crippen molar-refractivity contribution >= 4 is 0 Å². The van der Waals surface area contributed by atoms with E-state index in [9.17, 15) is 14.0 Å². The van der Waals surface area contributed by atoms with Crippen molar-refractivity contribution in [3.8, 4) is 0 Å². The molecule has 0 aliphatic heterocycles. The highest BCUT2D eigenvalue weighted by Gasteiger charge is 2.18. The van der Waals surface area contributed by atoms with E-state index >= 15 is 0 Å². The van der Waals surface area contributed by atoms with E-state index in [-0.39, 0.29) is 24.0 Å². The van der Waals surface area contributed by atoms with E-state index in [1.165, 1.54) is 16.7 Å². The third kappa shape index (κ3) is 5.54. The van der Waals surface area contributed by atoms with Crippen LogP contribution in [0.5, 0.6) is 0 Å². The molecule has 0 amide bonds. The van der Waals surface area contributed by atoms with Crippen LogP contribution < -0.4 is 11.2 Å². The number of rotatable bonds is 9. The normalized spacial score (nSPS) is 11.2. The zero-order valence-electron chi connectivity index (χ0n) is 17.4. The van der Waals surface area contributed by atoms with Gasteiger partial charge in [0.1, 0.15) is 12.5 Å². The summed E-state index contributed by atoms with van der Waals surface area (Å²) in [4.78, 5) is 27.4. The van der Waals surface area contributed by atoms with Gasteiger partial charge in [0.15, 0.2) is 0 Å². The SMILES string of the molecule is CC(C)c1c(Cc2ccccc2)n(COCCCc2ccc(F)cc2)c(=O)[nH]c1=O. The molecule has 0 fully saturated rings. The van der Waals surface area contributed by atoms with Crippen molar-refractivity contribution < 1.29 is 9.13 Å². The van der Waals surface area contributed by atoms with E-state index in [4.69, 9.17) is 4.74 Å².